The highest BCUT2D eigenvalue weighted by Gasteiger charge is 2.17. The lowest BCUT2D eigenvalue weighted by Crippen LogP contribution is -2.36. The summed E-state index contributed by atoms with van der Waals surface area (Å²) in [4.78, 5) is 13.8. The Hall–Kier alpha value is -2.50. The summed E-state index contributed by atoms with van der Waals surface area (Å²) in [6, 6.07) is 13.7. The van der Waals surface area contributed by atoms with Crippen LogP contribution in [0.15, 0.2) is 57.7 Å². The fourth-order valence-corrected chi connectivity index (χ4v) is 3.34. The molecule has 0 amide bonds. The Kier molecular flexibility index (Phi) is 6.04. The Morgan fingerprint density at radius 3 is 2.41 bits per heavy atom. The summed E-state index contributed by atoms with van der Waals surface area (Å²) < 4.78 is 18.5. The van der Waals surface area contributed by atoms with Crippen molar-refractivity contribution in [3.05, 3.63) is 81.5 Å². The van der Waals surface area contributed by atoms with E-state index in [4.69, 9.17) is 4.42 Å². The molecule has 27 heavy (non-hydrogen) atoms. The molecule has 142 valence electrons. The van der Waals surface area contributed by atoms with E-state index in [0.717, 1.165) is 28.5 Å². The summed E-state index contributed by atoms with van der Waals surface area (Å²) in [6.45, 7) is 5.14. The van der Waals surface area contributed by atoms with E-state index in [-0.39, 0.29) is 24.1 Å². The molecule has 5 heteroatoms. The standard InChI is InChI=1S/C22H24FNO3/c1-3-19(14-25)24(12-16-4-7-18(23)8-5-16)13-17-6-9-20-15(2)10-22(26)27-21(20)11-17/h4-11,19,25H,3,12-14H2,1-2H3/t19-/m0/s1. The average Bonchev–Trinajstić information content (AvgIpc) is 2.64. The molecular formula is C22H24FNO3. The average molecular weight is 369 g/mol. The number of benzene rings is 2. The molecule has 0 bridgehead atoms. The molecule has 1 atom stereocenters. The van der Waals surface area contributed by atoms with Gasteiger partial charge in [0.05, 0.1) is 6.61 Å². The number of halogens is 1. The van der Waals surface area contributed by atoms with Gasteiger partial charge in [-0.05, 0) is 48.2 Å². The van der Waals surface area contributed by atoms with Gasteiger partial charge in [-0.1, -0.05) is 31.2 Å². The number of rotatable bonds is 7. The van der Waals surface area contributed by atoms with Gasteiger partial charge in [0.25, 0.3) is 0 Å². The molecule has 0 aliphatic heterocycles. The summed E-state index contributed by atoms with van der Waals surface area (Å²) in [5.74, 6) is -0.264. The van der Waals surface area contributed by atoms with Crippen LogP contribution in [0.25, 0.3) is 11.0 Å². The minimum Gasteiger partial charge on any atom is -0.423 e. The third-order valence-corrected chi connectivity index (χ3v) is 4.90. The molecule has 0 aliphatic carbocycles. The third-order valence-electron chi connectivity index (χ3n) is 4.90. The number of aliphatic hydroxyl groups is 1. The predicted molar refractivity (Wildman–Crippen MR) is 104 cm³/mol. The van der Waals surface area contributed by atoms with Crippen molar-refractivity contribution < 1.29 is 13.9 Å². The van der Waals surface area contributed by atoms with Crippen molar-refractivity contribution in [3.63, 3.8) is 0 Å². The Morgan fingerprint density at radius 2 is 1.74 bits per heavy atom. The molecule has 0 saturated carbocycles. The molecule has 3 aromatic rings. The van der Waals surface area contributed by atoms with E-state index in [1.165, 1.54) is 18.2 Å². The molecule has 1 N–H and O–H groups in total. The fourth-order valence-electron chi connectivity index (χ4n) is 3.34. The Labute approximate surface area is 157 Å². The maximum Gasteiger partial charge on any atom is 0.336 e. The summed E-state index contributed by atoms with van der Waals surface area (Å²) in [6.07, 6.45) is 0.791. The van der Waals surface area contributed by atoms with Gasteiger partial charge >= 0.3 is 5.63 Å². The topological polar surface area (TPSA) is 53.7 Å². The van der Waals surface area contributed by atoms with E-state index in [2.05, 4.69) is 4.90 Å². The number of nitrogens with zero attached hydrogens (tertiary/aromatic N) is 1. The number of aliphatic hydroxyl groups excluding tert-OH is 1. The molecule has 0 radical (unpaired) electrons. The molecule has 0 saturated heterocycles. The van der Waals surface area contributed by atoms with E-state index in [9.17, 15) is 14.3 Å². The van der Waals surface area contributed by atoms with E-state index in [0.29, 0.717) is 18.7 Å². The first-order valence-electron chi connectivity index (χ1n) is 9.13. The van der Waals surface area contributed by atoms with E-state index in [1.54, 1.807) is 12.1 Å². The molecule has 0 aliphatic rings. The minimum absolute atomic E-state index is 0.0183. The van der Waals surface area contributed by atoms with Crippen LogP contribution in [0, 0.1) is 12.7 Å². The number of hydrogen-bond donors (Lipinski definition) is 1. The second-order valence-corrected chi connectivity index (χ2v) is 6.86. The van der Waals surface area contributed by atoms with Gasteiger partial charge < -0.3 is 9.52 Å². The van der Waals surface area contributed by atoms with Crippen molar-refractivity contribution in [1.82, 2.24) is 4.90 Å². The Morgan fingerprint density at radius 1 is 1.07 bits per heavy atom. The lowest BCUT2D eigenvalue weighted by atomic mass is 10.1. The second-order valence-electron chi connectivity index (χ2n) is 6.86. The van der Waals surface area contributed by atoms with Crippen LogP contribution >= 0.6 is 0 Å². The van der Waals surface area contributed by atoms with Crippen LogP contribution in [0.4, 0.5) is 4.39 Å². The number of fused-ring (bicyclic) bond motifs is 1. The molecule has 3 rings (SSSR count). The van der Waals surface area contributed by atoms with Gasteiger partial charge in [0.15, 0.2) is 0 Å². The zero-order chi connectivity index (χ0) is 19.4. The SMILES string of the molecule is CC[C@@H](CO)N(Cc1ccc(F)cc1)Cc1ccc2c(C)cc(=O)oc2c1. The van der Waals surface area contributed by atoms with Crippen LogP contribution in [0.5, 0.6) is 0 Å². The number of aryl methyl sites for hydroxylation is 1. The highest BCUT2D eigenvalue weighted by atomic mass is 19.1. The molecule has 0 fully saturated rings. The van der Waals surface area contributed by atoms with Crippen molar-refractivity contribution in [3.8, 4) is 0 Å². The lowest BCUT2D eigenvalue weighted by Gasteiger charge is -2.30. The summed E-state index contributed by atoms with van der Waals surface area (Å²) >= 11 is 0. The zero-order valence-electron chi connectivity index (χ0n) is 15.6. The largest absolute Gasteiger partial charge is 0.423 e. The first-order valence-corrected chi connectivity index (χ1v) is 9.13. The first-order chi connectivity index (χ1) is 13.0. The van der Waals surface area contributed by atoms with E-state index < -0.39 is 0 Å². The molecule has 0 spiro atoms. The van der Waals surface area contributed by atoms with Gasteiger partial charge in [-0.2, -0.15) is 0 Å². The van der Waals surface area contributed by atoms with Gasteiger partial charge in [0.1, 0.15) is 11.4 Å². The van der Waals surface area contributed by atoms with Crippen molar-refractivity contribution in [2.75, 3.05) is 6.61 Å². The van der Waals surface area contributed by atoms with Crippen LogP contribution in [0.1, 0.15) is 30.0 Å². The van der Waals surface area contributed by atoms with Gasteiger partial charge in [0.2, 0.25) is 0 Å². The van der Waals surface area contributed by atoms with Gasteiger partial charge in [-0.3, -0.25) is 4.90 Å². The van der Waals surface area contributed by atoms with Crippen LogP contribution < -0.4 is 5.63 Å². The molecule has 1 heterocycles. The van der Waals surface area contributed by atoms with Gasteiger partial charge in [0, 0.05) is 30.6 Å². The maximum atomic E-state index is 13.2. The molecule has 2 aromatic carbocycles. The van der Waals surface area contributed by atoms with E-state index >= 15 is 0 Å². The van der Waals surface area contributed by atoms with E-state index in [1.807, 2.05) is 32.0 Å². The monoisotopic (exact) mass is 369 g/mol. The second kappa shape index (κ2) is 8.46. The van der Waals surface area contributed by atoms with Crippen molar-refractivity contribution in [2.45, 2.75) is 39.4 Å². The van der Waals surface area contributed by atoms with Gasteiger partial charge in [-0.25, -0.2) is 9.18 Å². The Balaban J connectivity index is 1.89. The van der Waals surface area contributed by atoms with Crippen molar-refractivity contribution >= 4 is 11.0 Å². The minimum atomic E-state index is -0.359. The lowest BCUT2D eigenvalue weighted by molar-refractivity contribution is 0.107. The highest BCUT2D eigenvalue weighted by molar-refractivity contribution is 5.80. The first kappa shape index (κ1) is 19.3. The highest BCUT2D eigenvalue weighted by Crippen LogP contribution is 2.21. The third kappa shape index (κ3) is 4.62. The van der Waals surface area contributed by atoms with Crippen molar-refractivity contribution in [1.29, 1.82) is 0 Å². The van der Waals surface area contributed by atoms with Crippen molar-refractivity contribution in [2.24, 2.45) is 0 Å². The fraction of sp³-hybridized carbons (Fsp3) is 0.318. The molecule has 0 unspecified atom stereocenters. The summed E-state index contributed by atoms with van der Waals surface area (Å²) in [5.41, 5.74) is 3.06. The van der Waals surface area contributed by atoms with Crippen LogP contribution in [0.3, 0.4) is 0 Å². The molecular weight excluding hydrogens is 345 g/mol. The predicted octanol–water partition coefficient (Wildman–Crippen LogP) is 4.01. The Bertz CT molecular complexity index is 961. The smallest absolute Gasteiger partial charge is 0.336 e. The summed E-state index contributed by atoms with van der Waals surface area (Å²) in [7, 11) is 0. The quantitative estimate of drug-likeness (QED) is 0.639. The van der Waals surface area contributed by atoms with Crippen LogP contribution in [-0.4, -0.2) is 22.7 Å². The molecule has 1 aromatic heterocycles. The van der Waals surface area contributed by atoms with Crippen LogP contribution in [-0.2, 0) is 13.1 Å². The van der Waals surface area contributed by atoms with Gasteiger partial charge in [-0.15, -0.1) is 0 Å². The normalized spacial score (nSPS) is 12.6. The summed E-state index contributed by atoms with van der Waals surface area (Å²) in [5, 5.41) is 10.7. The molecule has 4 nitrogen and oxygen atoms in total. The van der Waals surface area contributed by atoms with Crippen LogP contribution in [0.2, 0.25) is 0 Å². The zero-order valence-corrected chi connectivity index (χ0v) is 15.6. The maximum absolute atomic E-state index is 13.2. The number of hydrogen-bond acceptors (Lipinski definition) is 4.